The Balaban J connectivity index is 2.18. The molecule has 0 saturated carbocycles. The molecule has 5 heteroatoms. The van der Waals surface area contributed by atoms with Crippen molar-refractivity contribution in [1.29, 1.82) is 0 Å². The molecule has 2 rings (SSSR count). The van der Waals surface area contributed by atoms with Gasteiger partial charge in [0.15, 0.2) is 0 Å². The molecular formula is C16H16BrFN2O. The van der Waals surface area contributed by atoms with Gasteiger partial charge in [0.25, 0.3) is 5.91 Å². The van der Waals surface area contributed by atoms with E-state index in [0.29, 0.717) is 12.1 Å². The Morgan fingerprint density at radius 1 is 1.29 bits per heavy atom. The number of amides is 1. The van der Waals surface area contributed by atoms with Crippen LogP contribution in [0, 0.1) is 5.82 Å². The summed E-state index contributed by atoms with van der Waals surface area (Å²) in [6.45, 7) is 1.96. The Kier molecular flexibility index (Phi) is 4.96. The van der Waals surface area contributed by atoms with Crippen molar-refractivity contribution < 1.29 is 9.18 Å². The maximum absolute atomic E-state index is 13.8. The summed E-state index contributed by atoms with van der Waals surface area (Å²) in [7, 11) is 0. The van der Waals surface area contributed by atoms with Crippen molar-refractivity contribution in [2.75, 3.05) is 5.73 Å². The summed E-state index contributed by atoms with van der Waals surface area (Å²) in [5.74, 6) is -1.06. The lowest BCUT2D eigenvalue weighted by molar-refractivity contribution is 0.0931. The summed E-state index contributed by atoms with van der Waals surface area (Å²) >= 11 is 3.37. The number of hydrogen-bond donors (Lipinski definition) is 2. The minimum atomic E-state index is -0.613. The van der Waals surface area contributed by atoms with Crippen LogP contribution in [0.5, 0.6) is 0 Å². The maximum Gasteiger partial charge on any atom is 0.254 e. The van der Waals surface area contributed by atoms with Crippen LogP contribution in [-0.2, 0) is 0 Å². The van der Waals surface area contributed by atoms with Crippen LogP contribution in [0.4, 0.5) is 10.1 Å². The van der Waals surface area contributed by atoms with Crippen molar-refractivity contribution in [3.63, 3.8) is 0 Å². The molecule has 3 nitrogen and oxygen atoms in total. The second-order valence-corrected chi connectivity index (χ2v) is 5.64. The van der Waals surface area contributed by atoms with E-state index in [1.54, 1.807) is 0 Å². The Bertz CT molecular complexity index is 643. The van der Waals surface area contributed by atoms with Crippen molar-refractivity contribution in [3.05, 3.63) is 63.9 Å². The number of hydrogen-bond acceptors (Lipinski definition) is 2. The molecule has 0 radical (unpaired) electrons. The van der Waals surface area contributed by atoms with E-state index in [2.05, 4.69) is 21.2 Å². The maximum atomic E-state index is 13.8. The zero-order valence-corrected chi connectivity index (χ0v) is 13.2. The highest BCUT2D eigenvalue weighted by Crippen LogP contribution is 2.20. The van der Waals surface area contributed by atoms with E-state index in [4.69, 9.17) is 5.73 Å². The first-order valence-electron chi connectivity index (χ1n) is 6.62. The summed E-state index contributed by atoms with van der Waals surface area (Å²) in [5, 5.41) is 2.84. The highest BCUT2D eigenvalue weighted by molar-refractivity contribution is 9.10. The second kappa shape index (κ2) is 6.72. The summed E-state index contributed by atoms with van der Waals surface area (Å²) < 4.78 is 14.7. The molecular weight excluding hydrogens is 335 g/mol. The molecule has 0 heterocycles. The van der Waals surface area contributed by atoms with Gasteiger partial charge < -0.3 is 11.1 Å². The summed E-state index contributed by atoms with van der Waals surface area (Å²) in [6.07, 6.45) is 0.712. The molecule has 0 saturated heterocycles. The van der Waals surface area contributed by atoms with Crippen molar-refractivity contribution in [2.24, 2.45) is 0 Å². The number of rotatable bonds is 4. The molecule has 0 aliphatic heterocycles. The third-order valence-corrected chi connectivity index (χ3v) is 3.75. The lowest BCUT2D eigenvalue weighted by Gasteiger charge is -2.18. The molecule has 2 aromatic carbocycles. The van der Waals surface area contributed by atoms with Gasteiger partial charge in [0.05, 0.1) is 11.6 Å². The fraction of sp³-hybridized carbons (Fsp3) is 0.188. The fourth-order valence-corrected chi connectivity index (χ4v) is 2.33. The van der Waals surface area contributed by atoms with Gasteiger partial charge in [0, 0.05) is 10.2 Å². The first-order chi connectivity index (χ1) is 10.0. The van der Waals surface area contributed by atoms with E-state index in [0.717, 1.165) is 16.1 Å². The monoisotopic (exact) mass is 350 g/mol. The van der Waals surface area contributed by atoms with Gasteiger partial charge in [-0.1, -0.05) is 35.0 Å². The van der Waals surface area contributed by atoms with Gasteiger partial charge in [-0.3, -0.25) is 4.79 Å². The van der Waals surface area contributed by atoms with E-state index in [1.165, 1.54) is 12.1 Å². The standard InChI is InChI=1S/C16H16BrFN2O/c1-2-15(10-3-5-11(17)6-4-10)20-16(21)13-8-7-12(19)9-14(13)18/h3-9,15H,2,19H2,1H3,(H,20,21). The Morgan fingerprint density at radius 2 is 1.95 bits per heavy atom. The lowest BCUT2D eigenvalue weighted by Crippen LogP contribution is -2.28. The van der Waals surface area contributed by atoms with Gasteiger partial charge in [-0.15, -0.1) is 0 Å². The third kappa shape index (κ3) is 3.82. The largest absolute Gasteiger partial charge is 0.399 e. The zero-order chi connectivity index (χ0) is 15.4. The Morgan fingerprint density at radius 3 is 2.52 bits per heavy atom. The van der Waals surface area contributed by atoms with Crippen LogP contribution < -0.4 is 11.1 Å². The van der Waals surface area contributed by atoms with Crippen molar-refractivity contribution in [1.82, 2.24) is 5.32 Å². The third-order valence-electron chi connectivity index (χ3n) is 3.22. The molecule has 1 unspecified atom stereocenters. The molecule has 21 heavy (non-hydrogen) atoms. The van der Waals surface area contributed by atoms with Crippen molar-refractivity contribution >= 4 is 27.5 Å². The van der Waals surface area contributed by atoms with Gasteiger partial charge in [0.1, 0.15) is 5.82 Å². The first-order valence-corrected chi connectivity index (χ1v) is 7.42. The van der Waals surface area contributed by atoms with Crippen LogP contribution in [0.1, 0.15) is 35.3 Å². The number of nitrogens with two attached hydrogens (primary N) is 1. The second-order valence-electron chi connectivity index (χ2n) is 4.73. The number of carbonyl (C=O) groups is 1. The predicted molar refractivity (Wildman–Crippen MR) is 85.5 cm³/mol. The highest BCUT2D eigenvalue weighted by Gasteiger charge is 2.17. The normalized spacial score (nSPS) is 12.0. The quantitative estimate of drug-likeness (QED) is 0.817. The van der Waals surface area contributed by atoms with E-state index in [-0.39, 0.29) is 11.6 Å². The van der Waals surface area contributed by atoms with Crippen LogP contribution in [0.15, 0.2) is 46.9 Å². The molecule has 110 valence electrons. The number of benzene rings is 2. The molecule has 0 aliphatic rings. The molecule has 0 aliphatic carbocycles. The molecule has 3 N–H and O–H groups in total. The summed E-state index contributed by atoms with van der Waals surface area (Å²) in [5.41, 5.74) is 6.76. The molecule has 2 aromatic rings. The van der Waals surface area contributed by atoms with Gasteiger partial charge in [-0.2, -0.15) is 0 Å². The Labute approximate surface area is 131 Å². The number of nitrogen functional groups attached to an aromatic ring is 1. The molecule has 1 amide bonds. The van der Waals surface area contributed by atoms with Gasteiger partial charge in [0.2, 0.25) is 0 Å². The van der Waals surface area contributed by atoms with Crippen LogP contribution in [0.2, 0.25) is 0 Å². The summed E-state index contributed by atoms with van der Waals surface area (Å²) in [4.78, 5) is 12.2. The van der Waals surface area contributed by atoms with Crippen molar-refractivity contribution in [2.45, 2.75) is 19.4 Å². The topological polar surface area (TPSA) is 55.1 Å². The number of anilines is 1. The SMILES string of the molecule is CCC(NC(=O)c1ccc(N)cc1F)c1ccc(Br)cc1. The van der Waals surface area contributed by atoms with Gasteiger partial charge in [-0.05, 0) is 42.3 Å². The van der Waals surface area contributed by atoms with Crippen LogP contribution >= 0.6 is 15.9 Å². The fourth-order valence-electron chi connectivity index (χ4n) is 2.07. The molecule has 0 bridgehead atoms. The minimum Gasteiger partial charge on any atom is -0.399 e. The number of carbonyl (C=O) groups excluding carboxylic acids is 1. The summed E-state index contributed by atoms with van der Waals surface area (Å²) in [6, 6.07) is 11.6. The van der Waals surface area contributed by atoms with Crippen LogP contribution in [0.25, 0.3) is 0 Å². The van der Waals surface area contributed by atoms with E-state index >= 15 is 0 Å². The molecule has 1 atom stereocenters. The van der Waals surface area contributed by atoms with Crippen LogP contribution in [-0.4, -0.2) is 5.91 Å². The van der Waals surface area contributed by atoms with Gasteiger partial charge in [-0.25, -0.2) is 4.39 Å². The highest BCUT2D eigenvalue weighted by atomic mass is 79.9. The minimum absolute atomic E-state index is 0.000221. The van der Waals surface area contributed by atoms with E-state index in [9.17, 15) is 9.18 Å². The Hall–Kier alpha value is -1.88. The average Bonchev–Trinajstić information content (AvgIpc) is 2.45. The molecule has 0 spiro atoms. The number of nitrogens with one attached hydrogen (secondary N) is 1. The molecule has 0 fully saturated rings. The molecule has 0 aromatic heterocycles. The lowest BCUT2D eigenvalue weighted by atomic mass is 10.0. The van der Waals surface area contributed by atoms with E-state index < -0.39 is 11.7 Å². The zero-order valence-electron chi connectivity index (χ0n) is 11.6. The van der Waals surface area contributed by atoms with Gasteiger partial charge >= 0.3 is 0 Å². The van der Waals surface area contributed by atoms with Crippen LogP contribution in [0.3, 0.4) is 0 Å². The predicted octanol–water partition coefficient (Wildman–Crippen LogP) is 4.05. The average molecular weight is 351 g/mol. The smallest absolute Gasteiger partial charge is 0.254 e. The number of halogens is 2. The first kappa shape index (κ1) is 15.5. The van der Waals surface area contributed by atoms with Crippen molar-refractivity contribution in [3.8, 4) is 0 Å². The van der Waals surface area contributed by atoms with E-state index in [1.807, 2.05) is 31.2 Å².